The van der Waals surface area contributed by atoms with Crippen LogP contribution in [0.4, 0.5) is 0 Å². The Balaban J connectivity index is 2.28. The highest BCUT2D eigenvalue weighted by molar-refractivity contribution is 14.1. The summed E-state index contributed by atoms with van der Waals surface area (Å²) >= 11 is 12.6. The van der Waals surface area contributed by atoms with E-state index in [2.05, 4.69) is 57.3 Å². The zero-order chi connectivity index (χ0) is 10.9. The highest BCUT2D eigenvalue weighted by Gasteiger charge is 2.15. The Hall–Kier alpha value is 1.04. The average Bonchev–Trinajstić information content (AvgIpc) is 2.85. The van der Waals surface area contributed by atoms with Crippen molar-refractivity contribution < 1.29 is 0 Å². The van der Waals surface area contributed by atoms with E-state index < -0.39 is 0 Å². The molecule has 0 aromatic carbocycles. The summed E-state index contributed by atoms with van der Waals surface area (Å²) in [7, 11) is 0. The van der Waals surface area contributed by atoms with E-state index in [4.69, 9.17) is 0 Å². The number of rotatable bonds is 0. The molecule has 0 bridgehead atoms. The third-order valence-corrected chi connectivity index (χ3v) is 9.16. The maximum absolute atomic E-state index is 2.42. The zero-order valence-electron chi connectivity index (χ0n) is 7.54. The van der Waals surface area contributed by atoms with Gasteiger partial charge in [-0.25, -0.2) is 0 Å². The summed E-state index contributed by atoms with van der Waals surface area (Å²) in [6.45, 7) is 0. The van der Waals surface area contributed by atoms with Crippen molar-refractivity contribution in [3.8, 4) is 0 Å². The molecule has 0 unspecified atom stereocenters. The number of thiophene rings is 4. The molecule has 4 heterocycles. The topological polar surface area (TPSA) is 0 Å². The van der Waals surface area contributed by atoms with Crippen molar-refractivity contribution >= 4 is 119 Å². The molecule has 6 heteroatoms. The summed E-state index contributed by atoms with van der Waals surface area (Å²) in [5, 5.41) is 0. The van der Waals surface area contributed by atoms with Gasteiger partial charge in [-0.3, -0.25) is 0 Å². The number of hydrogen-bond donors (Lipinski definition) is 0. The molecule has 0 N–H and O–H groups in total. The van der Waals surface area contributed by atoms with Gasteiger partial charge < -0.3 is 0 Å². The normalized spacial score (nSPS) is 12.4. The summed E-state index contributed by atoms with van der Waals surface area (Å²) in [6.07, 6.45) is 0. The molecule has 4 aromatic heterocycles. The van der Waals surface area contributed by atoms with Crippen LogP contribution in [0.3, 0.4) is 0 Å². The second-order valence-electron chi connectivity index (χ2n) is 3.35. The van der Waals surface area contributed by atoms with E-state index in [-0.39, 0.29) is 0 Å². The van der Waals surface area contributed by atoms with Gasteiger partial charge in [0.25, 0.3) is 0 Å². The van der Waals surface area contributed by atoms with Crippen molar-refractivity contribution in [2.45, 2.75) is 0 Å². The van der Waals surface area contributed by atoms with Crippen LogP contribution in [0.15, 0.2) is 12.1 Å². The third-order valence-electron chi connectivity index (χ3n) is 2.38. The van der Waals surface area contributed by atoms with Gasteiger partial charge in [-0.05, 0) is 57.3 Å². The standard InChI is InChI=1S/C10H2I2S4/c11-5-1-3-7(15-5)9-10(13-3)8-4(14-9)2-6(12)16-8/h1-2H. The van der Waals surface area contributed by atoms with Crippen LogP contribution in [0.5, 0.6) is 0 Å². The maximum atomic E-state index is 2.42. The quantitative estimate of drug-likeness (QED) is 0.237. The molecule has 0 atom stereocenters. The van der Waals surface area contributed by atoms with Crippen molar-refractivity contribution in [3.05, 3.63) is 17.9 Å². The first-order valence-electron chi connectivity index (χ1n) is 4.42. The molecule has 0 fully saturated rings. The third kappa shape index (κ3) is 1.46. The van der Waals surface area contributed by atoms with Gasteiger partial charge >= 0.3 is 0 Å². The van der Waals surface area contributed by atoms with Crippen LogP contribution in [-0.4, -0.2) is 0 Å². The molecule has 0 nitrogen and oxygen atoms in total. The molecule has 80 valence electrons. The fourth-order valence-electron chi connectivity index (χ4n) is 1.77. The predicted octanol–water partition coefficient (Wildman–Crippen LogP) is 6.60. The Morgan fingerprint density at radius 3 is 1.50 bits per heavy atom. The molecule has 0 saturated heterocycles. The van der Waals surface area contributed by atoms with Gasteiger partial charge in [0.05, 0.1) is 24.6 Å². The number of fused-ring (bicyclic) bond motifs is 5. The molecule has 4 rings (SSSR count). The highest BCUT2D eigenvalue weighted by atomic mass is 127. The zero-order valence-corrected chi connectivity index (χ0v) is 15.1. The van der Waals surface area contributed by atoms with Crippen LogP contribution in [-0.2, 0) is 0 Å². The maximum Gasteiger partial charge on any atom is 0.0674 e. The lowest BCUT2D eigenvalue weighted by Gasteiger charge is -1.77. The second-order valence-corrected chi connectivity index (χ2v) is 11.3. The molecular formula is C10H2I2S4. The second kappa shape index (κ2) is 3.77. The molecule has 0 radical (unpaired) electrons. The first-order chi connectivity index (χ1) is 7.72. The Morgan fingerprint density at radius 2 is 1.06 bits per heavy atom. The van der Waals surface area contributed by atoms with Crippen molar-refractivity contribution in [2.24, 2.45) is 0 Å². The van der Waals surface area contributed by atoms with E-state index in [9.17, 15) is 0 Å². The lowest BCUT2D eigenvalue weighted by molar-refractivity contribution is 2.12. The first-order valence-corrected chi connectivity index (χ1v) is 9.84. The predicted molar refractivity (Wildman–Crippen MR) is 95.9 cm³/mol. The smallest absolute Gasteiger partial charge is 0.0674 e. The van der Waals surface area contributed by atoms with Crippen LogP contribution in [0.2, 0.25) is 0 Å². The van der Waals surface area contributed by atoms with Gasteiger partial charge in [0.1, 0.15) is 0 Å². The lowest BCUT2D eigenvalue weighted by Crippen LogP contribution is -1.46. The molecule has 0 aliphatic heterocycles. The van der Waals surface area contributed by atoms with Gasteiger partial charge in [0.2, 0.25) is 0 Å². The molecule has 4 aromatic rings. The molecule has 0 amide bonds. The lowest BCUT2D eigenvalue weighted by atomic mass is 10.4. The van der Waals surface area contributed by atoms with E-state index in [1.54, 1.807) is 0 Å². The molecule has 16 heavy (non-hydrogen) atoms. The summed E-state index contributed by atoms with van der Waals surface area (Å²) in [5.74, 6) is 0. The highest BCUT2D eigenvalue weighted by Crippen LogP contribution is 2.49. The fourth-order valence-corrected chi connectivity index (χ4v) is 9.23. The van der Waals surface area contributed by atoms with Crippen molar-refractivity contribution in [2.75, 3.05) is 0 Å². The van der Waals surface area contributed by atoms with E-state index >= 15 is 0 Å². The Morgan fingerprint density at radius 1 is 0.625 bits per heavy atom. The average molecular weight is 504 g/mol. The van der Waals surface area contributed by atoms with Crippen LogP contribution < -0.4 is 0 Å². The summed E-state index contributed by atoms with van der Waals surface area (Å²) in [6, 6.07) is 4.62. The largest absolute Gasteiger partial charge is 0.132 e. The number of hydrogen-bond acceptors (Lipinski definition) is 4. The first kappa shape index (κ1) is 10.9. The minimum atomic E-state index is 1.40. The Bertz CT molecular complexity index is 759. The molecule has 0 spiro atoms. The molecule has 0 saturated carbocycles. The van der Waals surface area contributed by atoms with Crippen molar-refractivity contribution in [3.63, 3.8) is 0 Å². The molecular weight excluding hydrogens is 502 g/mol. The van der Waals surface area contributed by atoms with Gasteiger partial charge in [-0.1, -0.05) is 0 Å². The van der Waals surface area contributed by atoms with Crippen LogP contribution in [0.1, 0.15) is 0 Å². The van der Waals surface area contributed by atoms with Gasteiger partial charge in [0, 0.05) is 9.40 Å². The van der Waals surface area contributed by atoms with Crippen LogP contribution in [0, 0.1) is 5.77 Å². The Kier molecular flexibility index (Phi) is 2.57. The fraction of sp³-hybridized carbons (Fsp3) is 0. The van der Waals surface area contributed by atoms with Crippen LogP contribution in [0.25, 0.3) is 28.2 Å². The Labute approximate surface area is 135 Å². The van der Waals surface area contributed by atoms with E-state index in [0.717, 1.165) is 0 Å². The van der Waals surface area contributed by atoms with Gasteiger partial charge in [-0.15, -0.1) is 45.3 Å². The van der Waals surface area contributed by atoms with E-state index in [1.807, 2.05) is 45.3 Å². The molecule has 0 aliphatic carbocycles. The molecule has 0 aliphatic rings. The summed E-state index contributed by atoms with van der Waals surface area (Å²) in [4.78, 5) is 0. The minimum Gasteiger partial charge on any atom is -0.132 e. The van der Waals surface area contributed by atoms with Gasteiger partial charge in [-0.2, -0.15) is 0 Å². The van der Waals surface area contributed by atoms with Crippen LogP contribution >= 0.6 is 90.5 Å². The number of halogens is 2. The van der Waals surface area contributed by atoms with Gasteiger partial charge in [0.15, 0.2) is 0 Å². The summed E-state index contributed by atoms with van der Waals surface area (Å²) in [5.41, 5.74) is 0. The van der Waals surface area contributed by atoms with Crippen molar-refractivity contribution in [1.82, 2.24) is 0 Å². The minimum absolute atomic E-state index is 1.40. The van der Waals surface area contributed by atoms with E-state index in [0.29, 0.717) is 0 Å². The van der Waals surface area contributed by atoms with Crippen molar-refractivity contribution in [1.29, 1.82) is 0 Å². The SMILES string of the molecule is Ic1cc2sc3c4sc(I)cc4sc3c2s1. The summed E-state index contributed by atoms with van der Waals surface area (Å²) < 4.78 is 11.7. The van der Waals surface area contributed by atoms with E-state index in [1.165, 1.54) is 34.0 Å². The monoisotopic (exact) mass is 504 g/mol.